The molecule has 0 amide bonds. The van der Waals surface area contributed by atoms with E-state index in [1.807, 2.05) is 30.3 Å². The molecule has 1 heterocycles. The zero-order valence-corrected chi connectivity index (χ0v) is 9.37. The molecule has 1 aromatic rings. The second kappa shape index (κ2) is 4.95. The van der Waals surface area contributed by atoms with Gasteiger partial charge < -0.3 is 4.84 Å². The molecule has 2 rings (SSSR count). The van der Waals surface area contributed by atoms with Gasteiger partial charge in [-0.1, -0.05) is 22.8 Å². The lowest BCUT2D eigenvalue weighted by atomic mass is 10.3. The smallest absolute Gasteiger partial charge is 0.205 e. The number of rotatable bonds is 2. The highest BCUT2D eigenvalue weighted by Crippen LogP contribution is 2.39. The largest absolute Gasteiger partial charge is 0.395 e. The first kappa shape index (κ1) is 9.45. The topological polar surface area (TPSA) is 36.9 Å². The first-order valence-corrected chi connectivity index (χ1v) is 6.19. The second-order valence-electron chi connectivity index (χ2n) is 2.18. The third kappa shape index (κ3) is 2.95. The molecule has 0 aliphatic carbocycles. The van der Waals surface area contributed by atoms with Gasteiger partial charge in [-0.25, -0.2) is 4.86 Å². The highest BCUT2D eigenvalue weighted by molar-refractivity contribution is 7.60. The van der Waals surface area contributed by atoms with E-state index in [2.05, 4.69) is 9.37 Å². The van der Waals surface area contributed by atoms with Crippen molar-refractivity contribution < 1.29 is 4.84 Å². The Bertz CT molecular complexity index is 294. The van der Waals surface area contributed by atoms with Gasteiger partial charge in [0.25, 0.3) is 0 Å². The maximum absolute atomic E-state index is 5.53. The zero-order valence-electron chi connectivity index (χ0n) is 6.58. The van der Waals surface area contributed by atoms with Crippen LogP contribution in [0.15, 0.2) is 34.8 Å². The summed E-state index contributed by atoms with van der Waals surface area (Å²) in [6, 6.07) is 9.70. The molecule has 4 nitrogen and oxygen atoms in total. The van der Waals surface area contributed by atoms with Gasteiger partial charge in [0.2, 0.25) is 8.88 Å². The number of hydrogen-bond acceptors (Lipinski definition) is 4. The fourth-order valence-corrected chi connectivity index (χ4v) is 3.56. The van der Waals surface area contributed by atoms with Gasteiger partial charge in [-0.15, -0.1) is 0 Å². The summed E-state index contributed by atoms with van der Waals surface area (Å²) in [5.41, 5.74) is 0. The Morgan fingerprint density at radius 3 is 2.92 bits per heavy atom. The third-order valence-corrected chi connectivity index (χ3v) is 3.87. The van der Waals surface area contributed by atoms with Crippen LogP contribution in [0.2, 0.25) is 0 Å². The standard InChI is InChI=1S/C6H7N3OP3/c1-2-4-6(5-3-1)10-9-12-7-11-8-13-9/h1-5,12H,(H,7,8). The summed E-state index contributed by atoms with van der Waals surface area (Å²) < 4.78 is 5.87. The van der Waals surface area contributed by atoms with Crippen LogP contribution in [0.5, 0.6) is 5.75 Å². The Balaban J connectivity index is 1.94. The number of nitrogens with one attached hydrogen (secondary N) is 1. The normalized spacial score (nSPS) is 22.2. The molecule has 1 radical (unpaired) electrons. The van der Waals surface area contributed by atoms with Gasteiger partial charge in [-0.2, -0.15) is 4.52 Å². The number of para-hydroxylation sites is 1. The molecule has 0 saturated carbocycles. The lowest BCUT2D eigenvalue weighted by Gasteiger charge is -2.19. The summed E-state index contributed by atoms with van der Waals surface area (Å²) >= 11 is 0. The Morgan fingerprint density at radius 2 is 2.23 bits per heavy atom. The van der Waals surface area contributed by atoms with Gasteiger partial charge >= 0.3 is 0 Å². The van der Waals surface area contributed by atoms with Crippen LogP contribution < -0.4 is 9.70 Å². The van der Waals surface area contributed by atoms with Gasteiger partial charge in [-0.3, -0.25) is 0 Å². The summed E-state index contributed by atoms with van der Waals surface area (Å²) in [5.74, 6) is 0.845. The molecule has 13 heavy (non-hydrogen) atoms. The molecule has 0 aromatic heterocycles. The maximum atomic E-state index is 5.53. The zero-order chi connectivity index (χ0) is 8.93. The average molecular weight is 230 g/mol. The Labute approximate surface area is 81.7 Å². The predicted octanol–water partition coefficient (Wildman–Crippen LogP) is 3.22. The van der Waals surface area contributed by atoms with Crippen molar-refractivity contribution in [1.29, 1.82) is 0 Å². The maximum Gasteiger partial charge on any atom is 0.205 e. The van der Waals surface area contributed by atoms with Crippen LogP contribution in [0.25, 0.3) is 0 Å². The van der Waals surface area contributed by atoms with Crippen LogP contribution in [0.3, 0.4) is 0 Å². The van der Waals surface area contributed by atoms with Crippen LogP contribution in [0.1, 0.15) is 0 Å². The first-order valence-electron chi connectivity index (χ1n) is 3.59. The molecule has 1 atom stereocenters. The van der Waals surface area contributed by atoms with Gasteiger partial charge in [0.1, 0.15) is 14.3 Å². The second-order valence-corrected chi connectivity index (χ2v) is 5.54. The molecule has 0 fully saturated rings. The molecule has 7 heteroatoms. The van der Waals surface area contributed by atoms with E-state index in [0.29, 0.717) is 8.88 Å². The molecular formula is C6H7N3OP3. The average Bonchev–Trinajstić information content (AvgIpc) is 2.21. The lowest BCUT2D eigenvalue weighted by molar-refractivity contribution is 0.147. The highest BCUT2D eigenvalue weighted by atomic mass is 31.2. The number of hydrogen-bond donors (Lipinski definition) is 1. The molecule has 1 aliphatic rings. The van der Waals surface area contributed by atoms with E-state index in [0.717, 1.165) is 23.2 Å². The number of nitrogens with zero attached hydrogens (tertiary/aromatic N) is 2. The summed E-state index contributed by atoms with van der Waals surface area (Å²) in [4.78, 5) is 8.61. The van der Waals surface area contributed by atoms with Crippen molar-refractivity contribution in [1.82, 2.24) is 9.46 Å². The van der Waals surface area contributed by atoms with Crippen molar-refractivity contribution in [3.05, 3.63) is 30.3 Å². The minimum Gasteiger partial charge on any atom is -0.395 e. The Morgan fingerprint density at radius 1 is 1.38 bits per heavy atom. The fourth-order valence-electron chi connectivity index (χ4n) is 0.788. The van der Waals surface area contributed by atoms with Crippen LogP contribution in [-0.2, 0) is 0 Å². The molecule has 1 aromatic carbocycles. The SMILES string of the molecule is c1ccc(ON2[P]N=PNP2)cc1. The van der Waals surface area contributed by atoms with Crippen molar-refractivity contribution in [2.45, 2.75) is 0 Å². The van der Waals surface area contributed by atoms with E-state index in [9.17, 15) is 0 Å². The van der Waals surface area contributed by atoms with E-state index < -0.39 is 0 Å². The Hall–Kier alpha value is -0.100. The summed E-state index contributed by atoms with van der Waals surface area (Å²) in [7, 11) is 2.25. The van der Waals surface area contributed by atoms with Crippen molar-refractivity contribution in [3.8, 4) is 5.75 Å². The van der Waals surface area contributed by atoms with Crippen LogP contribution >= 0.6 is 26.3 Å². The molecule has 1 aliphatic heterocycles. The van der Waals surface area contributed by atoms with E-state index in [1.165, 1.54) is 0 Å². The lowest BCUT2D eigenvalue weighted by Crippen LogP contribution is -2.11. The van der Waals surface area contributed by atoms with Gasteiger partial charge in [-0.05, 0) is 12.1 Å². The minimum atomic E-state index is 0.461. The first-order chi connectivity index (χ1) is 6.45. The predicted molar refractivity (Wildman–Crippen MR) is 56.6 cm³/mol. The van der Waals surface area contributed by atoms with Crippen LogP contribution in [0.4, 0.5) is 0 Å². The Kier molecular flexibility index (Phi) is 3.60. The third-order valence-electron chi connectivity index (χ3n) is 1.30. The quantitative estimate of drug-likeness (QED) is 0.792. The number of benzene rings is 1. The van der Waals surface area contributed by atoms with Gasteiger partial charge in [0.15, 0.2) is 0 Å². The molecule has 0 bridgehead atoms. The summed E-state index contributed by atoms with van der Waals surface area (Å²) in [5, 5.41) is 0. The van der Waals surface area contributed by atoms with Crippen LogP contribution in [-0.4, -0.2) is 4.60 Å². The monoisotopic (exact) mass is 230 g/mol. The summed E-state index contributed by atoms with van der Waals surface area (Å²) in [6.45, 7) is 0. The van der Waals surface area contributed by atoms with E-state index in [4.69, 9.17) is 4.84 Å². The van der Waals surface area contributed by atoms with Gasteiger partial charge in [0, 0.05) is 0 Å². The molecule has 67 valence electrons. The molecule has 1 N–H and O–H groups in total. The van der Waals surface area contributed by atoms with E-state index >= 15 is 0 Å². The van der Waals surface area contributed by atoms with Crippen molar-refractivity contribution in [3.63, 3.8) is 0 Å². The van der Waals surface area contributed by atoms with Crippen molar-refractivity contribution in [2.24, 2.45) is 4.52 Å². The van der Waals surface area contributed by atoms with Crippen molar-refractivity contribution >= 4 is 26.3 Å². The molecule has 0 spiro atoms. The van der Waals surface area contributed by atoms with E-state index in [1.54, 1.807) is 4.60 Å². The molecule has 0 saturated heterocycles. The summed E-state index contributed by atoms with van der Waals surface area (Å²) in [6.07, 6.45) is 0. The van der Waals surface area contributed by atoms with Crippen LogP contribution in [0, 0.1) is 0 Å². The fraction of sp³-hybridized carbons (Fsp3) is 0. The highest BCUT2D eigenvalue weighted by Gasteiger charge is 2.10. The van der Waals surface area contributed by atoms with Crippen molar-refractivity contribution in [2.75, 3.05) is 0 Å². The van der Waals surface area contributed by atoms with Gasteiger partial charge in [0.05, 0.1) is 8.88 Å². The molecule has 1 unspecified atom stereocenters. The molecular weight excluding hydrogens is 223 g/mol. The van der Waals surface area contributed by atoms with E-state index in [-0.39, 0.29) is 0 Å². The minimum absolute atomic E-state index is 0.461.